The van der Waals surface area contributed by atoms with Crippen LogP contribution in [0.15, 0.2) is 24.3 Å². The predicted octanol–water partition coefficient (Wildman–Crippen LogP) is 1.01. The van der Waals surface area contributed by atoms with Crippen molar-refractivity contribution in [3.8, 4) is 0 Å². The maximum absolute atomic E-state index is 11.0. The van der Waals surface area contributed by atoms with Crippen LogP contribution < -0.4 is 0 Å². The molecule has 0 aliphatic rings. The van der Waals surface area contributed by atoms with E-state index in [1.54, 1.807) is 25.1 Å². The Morgan fingerprint density at radius 3 is 2.83 bits per heavy atom. The van der Waals surface area contributed by atoms with Gasteiger partial charge in [0.15, 0.2) is 0 Å². The topological polar surface area (TPSA) is 26.3 Å². The Hall–Kier alpha value is -0.310. The molecule has 1 aromatic rings. The van der Waals surface area contributed by atoms with Crippen molar-refractivity contribution in [1.29, 1.82) is 0 Å². The second-order valence-electron chi connectivity index (χ2n) is 2.00. The first-order chi connectivity index (χ1) is 5.34. The summed E-state index contributed by atoms with van der Waals surface area (Å²) in [5.41, 5.74) is 0.481. The van der Waals surface area contributed by atoms with Crippen LogP contribution in [-0.4, -0.2) is 42.1 Å². The molecule has 0 amide bonds. The normalized spacial score (nSPS) is 8.42. The molecule has 0 aliphatic carbocycles. The van der Waals surface area contributed by atoms with Gasteiger partial charge in [0.25, 0.3) is 0 Å². The molecule has 0 saturated carbocycles. The van der Waals surface area contributed by atoms with E-state index in [2.05, 4.69) is 6.07 Å². The third-order valence-electron chi connectivity index (χ3n) is 1.20. The summed E-state index contributed by atoms with van der Waals surface area (Å²) in [4.78, 5) is 11.0. The quantitative estimate of drug-likeness (QED) is 0.493. The average Bonchev–Trinajstić information content (AvgIpc) is 2.07. The Labute approximate surface area is 94.2 Å². The first kappa shape index (κ1) is 11.7. The first-order valence-electron chi connectivity index (χ1n) is 3.48. The number of hydrogen-bond acceptors (Lipinski definition) is 2. The first-order valence-corrected chi connectivity index (χ1v) is 3.48. The van der Waals surface area contributed by atoms with Crippen LogP contribution >= 0.6 is 0 Å². The Kier molecular flexibility index (Phi) is 6.07. The van der Waals surface area contributed by atoms with Crippen molar-refractivity contribution >= 4 is 35.5 Å². The van der Waals surface area contributed by atoms with Gasteiger partial charge in [-0.1, -0.05) is 18.2 Å². The Morgan fingerprint density at radius 1 is 1.58 bits per heavy atom. The molecule has 0 saturated heterocycles. The Balaban J connectivity index is 0.00000121. The van der Waals surface area contributed by atoms with Crippen molar-refractivity contribution in [3.05, 3.63) is 35.9 Å². The average molecular weight is 173 g/mol. The summed E-state index contributed by atoms with van der Waals surface area (Å²) < 4.78 is 4.76. The van der Waals surface area contributed by atoms with E-state index in [1.807, 2.05) is 6.07 Å². The fourth-order valence-corrected chi connectivity index (χ4v) is 0.729. The molecular formula is C9H10NaO2. The molecule has 0 aliphatic heterocycles. The predicted molar refractivity (Wildman–Crippen MR) is 48.4 cm³/mol. The zero-order chi connectivity index (χ0) is 8.10. The summed E-state index contributed by atoms with van der Waals surface area (Å²) in [5.74, 6) is -0.312. The van der Waals surface area contributed by atoms with E-state index in [9.17, 15) is 4.79 Å². The molecule has 0 spiro atoms. The number of esters is 1. The van der Waals surface area contributed by atoms with Gasteiger partial charge in [-0.3, -0.25) is 0 Å². The molecule has 1 rings (SSSR count). The van der Waals surface area contributed by atoms with Crippen LogP contribution in [0.25, 0.3) is 0 Å². The molecule has 0 unspecified atom stereocenters. The standard InChI is InChI=1S/C9H9O2.Na.H/c1-2-11-9(10)8-6-4-3-5-7-8;;/h3-6H,2H2,1H3;;. The van der Waals surface area contributed by atoms with Crippen molar-refractivity contribution in [2.45, 2.75) is 6.92 Å². The minimum atomic E-state index is -0.312. The number of carbonyl (C=O) groups is 1. The maximum atomic E-state index is 11.0. The summed E-state index contributed by atoms with van der Waals surface area (Å²) in [6.45, 7) is 2.18. The molecule has 0 aromatic heterocycles. The molecule has 0 N–H and O–H groups in total. The van der Waals surface area contributed by atoms with Gasteiger partial charge in [0, 0.05) is 0 Å². The van der Waals surface area contributed by atoms with E-state index in [0.717, 1.165) is 0 Å². The monoisotopic (exact) mass is 173 g/mol. The van der Waals surface area contributed by atoms with Crippen LogP contribution in [0.1, 0.15) is 17.3 Å². The summed E-state index contributed by atoms with van der Waals surface area (Å²) in [6, 6.07) is 9.73. The van der Waals surface area contributed by atoms with Crippen LogP contribution in [-0.2, 0) is 4.74 Å². The van der Waals surface area contributed by atoms with E-state index in [0.29, 0.717) is 12.2 Å². The third-order valence-corrected chi connectivity index (χ3v) is 1.20. The van der Waals surface area contributed by atoms with Crippen LogP contribution in [0.4, 0.5) is 0 Å². The van der Waals surface area contributed by atoms with E-state index >= 15 is 0 Å². The zero-order valence-corrected chi connectivity index (χ0v) is 6.33. The summed E-state index contributed by atoms with van der Waals surface area (Å²) in [5, 5.41) is 0. The molecule has 0 atom stereocenters. The minimum absolute atomic E-state index is 0. The molecule has 0 bridgehead atoms. The van der Waals surface area contributed by atoms with E-state index in [4.69, 9.17) is 4.74 Å². The fraction of sp³-hybridized carbons (Fsp3) is 0.222. The molecule has 0 fully saturated rings. The molecule has 12 heavy (non-hydrogen) atoms. The van der Waals surface area contributed by atoms with Gasteiger partial charge in [-0.05, 0) is 19.1 Å². The van der Waals surface area contributed by atoms with Crippen molar-refractivity contribution in [2.75, 3.05) is 6.61 Å². The summed E-state index contributed by atoms with van der Waals surface area (Å²) >= 11 is 0. The third kappa shape index (κ3) is 3.39. The van der Waals surface area contributed by atoms with E-state index in [1.165, 1.54) is 0 Å². The molecular weight excluding hydrogens is 163 g/mol. The van der Waals surface area contributed by atoms with Gasteiger partial charge in [-0.2, -0.15) is 0 Å². The number of ether oxygens (including phenoxy) is 1. The van der Waals surface area contributed by atoms with Crippen LogP contribution in [0, 0.1) is 6.07 Å². The molecule has 0 heterocycles. The van der Waals surface area contributed by atoms with Crippen molar-refractivity contribution in [2.24, 2.45) is 0 Å². The van der Waals surface area contributed by atoms with Gasteiger partial charge >= 0.3 is 35.5 Å². The Morgan fingerprint density at radius 2 is 2.33 bits per heavy atom. The Bertz CT molecular complexity index is 234. The van der Waals surface area contributed by atoms with Crippen LogP contribution in [0.2, 0.25) is 0 Å². The van der Waals surface area contributed by atoms with Gasteiger partial charge in [-0.25, -0.2) is 4.79 Å². The van der Waals surface area contributed by atoms with Gasteiger partial charge < -0.3 is 4.74 Å². The van der Waals surface area contributed by atoms with E-state index < -0.39 is 0 Å². The van der Waals surface area contributed by atoms with Crippen LogP contribution in [0.3, 0.4) is 0 Å². The molecule has 2 nitrogen and oxygen atoms in total. The van der Waals surface area contributed by atoms with E-state index in [-0.39, 0.29) is 35.5 Å². The number of benzene rings is 1. The summed E-state index contributed by atoms with van der Waals surface area (Å²) in [7, 11) is 0. The van der Waals surface area contributed by atoms with Gasteiger partial charge in [0.2, 0.25) is 0 Å². The van der Waals surface area contributed by atoms with Crippen LogP contribution in [0.5, 0.6) is 0 Å². The summed E-state index contributed by atoms with van der Waals surface area (Å²) in [6.07, 6.45) is 0. The van der Waals surface area contributed by atoms with Crippen molar-refractivity contribution in [1.82, 2.24) is 0 Å². The molecule has 1 aromatic carbocycles. The number of carbonyl (C=O) groups excluding carboxylic acids is 1. The zero-order valence-electron chi connectivity index (χ0n) is 6.33. The van der Waals surface area contributed by atoms with Gasteiger partial charge in [0.05, 0.1) is 12.2 Å². The number of hydrogen-bond donors (Lipinski definition) is 0. The molecule has 59 valence electrons. The molecule has 3 heteroatoms. The van der Waals surface area contributed by atoms with Gasteiger partial charge in [0.1, 0.15) is 0 Å². The second kappa shape index (κ2) is 6.23. The fourth-order valence-electron chi connectivity index (χ4n) is 0.729. The van der Waals surface area contributed by atoms with Crippen molar-refractivity contribution in [3.63, 3.8) is 0 Å². The van der Waals surface area contributed by atoms with Gasteiger partial charge in [-0.15, -0.1) is 0 Å². The number of rotatable bonds is 2. The SMILES string of the molecule is CCOC(=O)c1[c]cccc1.[NaH]. The molecule has 1 radical (unpaired) electrons. The second-order valence-corrected chi connectivity index (χ2v) is 2.00. The van der Waals surface area contributed by atoms with Crippen molar-refractivity contribution < 1.29 is 9.53 Å².